The first-order valence-corrected chi connectivity index (χ1v) is 16.1. The molecule has 0 spiro atoms. The van der Waals surface area contributed by atoms with E-state index in [1.54, 1.807) is 0 Å². The lowest BCUT2D eigenvalue weighted by Gasteiger charge is -2.24. The number of carbonyl (C=O) groups is 1. The molecule has 0 aromatic carbocycles. The topological polar surface area (TPSA) is 82.1 Å². The minimum absolute atomic E-state index is 0.0683. The summed E-state index contributed by atoms with van der Waals surface area (Å²) < 4.78 is 28.6. The van der Waals surface area contributed by atoms with Crippen molar-refractivity contribution in [2.45, 2.75) is 109 Å². The molecular formula is C26H55NO6PS+. The highest BCUT2D eigenvalue weighted by Gasteiger charge is 2.25. The minimum atomic E-state index is -4.14. The standard InChI is InChI=1S/C26H54NO6PS/c1-6-7-8-9-10-11-12-13-14-15-16-17-18-19-21-31-23-26(35-25(2)28)24-33-34(29,30)32-22-20-27(3,4)5/h26H,6-24H2,1-5H3/p+1. The van der Waals surface area contributed by atoms with Gasteiger partial charge in [0, 0.05) is 13.5 Å². The summed E-state index contributed by atoms with van der Waals surface area (Å²) >= 11 is 1.08. The molecule has 0 bridgehead atoms. The summed E-state index contributed by atoms with van der Waals surface area (Å²) in [6.45, 7) is 5.31. The number of hydrogen-bond acceptors (Lipinski definition) is 6. The first-order valence-electron chi connectivity index (χ1n) is 13.7. The van der Waals surface area contributed by atoms with Gasteiger partial charge in [0.1, 0.15) is 13.2 Å². The number of unbranched alkanes of at least 4 members (excludes halogenated alkanes) is 13. The first-order chi connectivity index (χ1) is 16.6. The molecule has 0 saturated carbocycles. The van der Waals surface area contributed by atoms with E-state index in [1.165, 1.54) is 84.0 Å². The van der Waals surface area contributed by atoms with Gasteiger partial charge in [-0.1, -0.05) is 102 Å². The monoisotopic (exact) mass is 540 g/mol. The van der Waals surface area contributed by atoms with Gasteiger partial charge in [0.25, 0.3) is 0 Å². The number of thioether (sulfide) groups is 1. The molecule has 2 atom stereocenters. The van der Waals surface area contributed by atoms with E-state index >= 15 is 0 Å². The number of phosphoric acid groups is 1. The van der Waals surface area contributed by atoms with E-state index in [0.29, 0.717) is 24.2 Å². The Labute approximate surface area is 220 Å². The Balaban J connectivity index is 3.77. The van der Waals surface area contributed by atoms with Crippen molar-refractivity contribution in [2.24, 2.45) is 0 Å². The van der Waals surface area contributed by atoms with Crippen LogP contribution < -0.4 is 0 Å². The van der Waals surface area contributed by atoms with E-state index in [2.05, 4.69) is 6.92 Å². The van der Waals surface area contributed by atoms with Crippen molar-refractivity contribution < 1.29 is 32.5 Å². The quantitative estimate of drug-likeness (QED) is 0.0760. The van der Waals surface area contributed by atoms with Crippen LogP contribution in [-0.2, 0) is 23.1 Å². The Kier molecular flexibility index (Phi) is 22.1. The summed E-state index contributed by atoms with van der Waals surface area (Å²) in [7, 11) is 1.78. The third-order valence-electron chi connectivity index (χ3n) is 5.72. The lowest BCUT2D eigenvalue weighted by molar-refractivity contribution is -0.870. The number of hydrogen-bond donors (Lipinski definition) is 1. The summed E-state index contributed by atoms with van der Waals surface area (Å²) in [4.78, 5) is 21.4. The van der Waals surface area contributed by atoms with Crippen molar-refractivity contribution in [3.05, 3.63) is 0 Å². The van der Waals surface area contributed by atoms with E-state index in [0.717, 1.165) is 24.6 Å². The number of nitrogens with zero attached hydrogens (tertiary/aromatic N) is 1. The van der Waals surface area contributed by atoms with Gasteiger partial charge in [0.15, 0.2) is 5.12 Å². The normalized spacial score (nSPS) is 14.7. The molecular weight excluding hydrogens is 485 g/mol. The summed E-state index contributed by atoms with van der Waals surface area (Å²) in [6, 6.07) is 0. The number of likely N-dealkylation sites (N-methyl/N-ethyl adjacent to an activating group) is 1. The van der Waals surface area contributed by atoms with Gasteiger partial charge < -0.3 is 14.1 Å². The Bertz CT molecular complexity index is 558. The van der Waals surface area contributed by atoms with Gasteiger partial charge in [-0.2, -0.15) is 0 Å². The Morgan fingerprint density at radius 3 is 1.74 bits per heavy atom. The molecule has 0 aliphatic heterocycles. The van der Waals surface area contributed by atoms with Crippen LogP contribution in [0.1, 0.15) is 104 Å². The van der Waals surface area contributed by atoms with Gasteiger partial charge >= 0.3 is 7.82 Å². The fraction of sp³-hybridized carbons (Fsp3) is 0.962. The van der Waals surface area contributed by atoms with E-state index in [1.807, 2.05) is 21.1 Å². The van der Waals surface area contributed by atoms with Gasteiger partial charge in [0.2, 0.25) is 0 Å². The van der Waals surface area contributed by atoms with E-state index in [4.69, 9.17) is 13.8 Å². The average Bonchev–Trinajstić information content (AvgIpc) is 2.75. The second kappa shape index (κ2) is 22.1. The van der Waals surface area contributed by atoms with Crippen LogP contribution >= 0.6 is 19.6 Å². The van der Waals surface area contributed by atoms with E-state index in [-0.39, 0.29) is 23.6 Å². The zero-order valence-electron chi connectivity index (χ0n) is 23.3. The smallest absolute Gasteiger partial charge is 0.380 e. The van der Waals surface area contributed by atoms with Crippen LogP contribution in [0.5, 0.6) is 0 Å². The number of quaternary nitrogens is 1. The Morgan fingerprint density at radius 2 is 1.29 bits per heavy atom. The highest BCUT2D eigenvalue weighted by Crippen LogP contribution is 2.43. The predicted molar refractivity (Wildman–Crippen MR) is 148 cm³/mol. The summed E-state index contributed by atoms with van der Waals surface area (Å²) in [5.74, 6) is 0. The zero-order chi connectivity index (χ0) is 26.4. The number of rotatable bonds is 25. The lowest BCUT2D eigenvalue weighted by Crippen LogP contribution is -2.37. The highest BCUT2D eigenvalue weighted by molar-refractivity contribution is 8.14. The summed E-state index contributed by atoms with van der Waals surface area (Å²) in [6.07, 6.45) is 18.4. The van der Waals surface area contributed by atoms with Gasteiger partial charge in [-0.05, 0) is 6.42 Å². The third kappa shape index (κ3) is 26.9. The Morgan fingerprint density at radius 1 is 0.800 bits per heavy atom. The fourth-order valence-corrected chi connectivity index (χ4v) is 5.23. The van der Waals surface area contributed by atoms with Crippen LogP contribution in [0.3, 0.4) is 0 Å². The van der Waals surface area contributed by atoms with Gasteiger partial charge in [-0.3, -0.25) is 13.8 Å². The van der Waals surface area contributed by atoms with Crippen molar-refractivity contribution in [1.82, 2.24) is 0 Å². The van der Waals surface area contributed by atoms with E-state index in [9.17, 15) is 14.3 Å². The van der Waals surface area contributed by atoms with Crippen molar-refractivity contribution in [3.8, 4) is 0 Å². The molecule has 0 amide bonds. The largest absolute Gasteiger partial charge is 0.472 e. The van der Waals surface area contributed by atoms with Crippen molar-refractivity contribution in [3.63, 3.8) is 0 Å². The van der Waals surface area contributed by atoms with Crippen LogP contribution in [0.25, 0.3) is 0 Å². The molecule has 2 unspecified atom stereocenters. The van der Waals surface area contributed by atoms with Crippen molar-refractivity contribution in [1.29, 1.82) is 0 Å². The Hall–Kier alpha value is 0.0500. The lowest BCUT2D eigenvalue weighted by atomic mass is 10.0. The molecule has 0 rings (SSSR count). The number of carbonyl (C=O) groups excluding carboxylic acids is 1. The molecule has 0 radical (unpaired) electrons. The summed E-state index contributed by atoms with van der Waals surface area (Å²) in [5, 5.41) is -0.404. The molecule has 0 aliphatic carbocycles. The molecule has 210 valence electrons. The second-order valence-electron chi connectivity index (χ2n) is 10.5. The van der Waals surface area contributed by atoms with Crippen LogP contribution in [0.15, 0.2) is 0 Å². The maximum absolute atomic E-state index is 12.1. The van der Waals surface area contributed by atoms with Gasteiger partial charge in [0.05, 0.1) is 39.6 Å². The molecule has 0 fully saturated rings. The number of ether oxygens (including phenoxy) is 1. The minimum Gasteiger partial charge on any atom is -0.380 e. The first kappa shape index (κ1) is 35.0. The van der Waals surface area contributed by atoms with Crippen molar-refractivity contribution in [2.75, 3.05) is 54.1 Å². The zero-order valence-corrected chi connectivity index (χ0v) is 25.0. The molecule has 35 heavy (non-hydrogen) atoms. The molecule has 0 saturated heterocycles. The molecule has 0 heterocycles. The van der Waals surface area contributed by atoms with Crippen LogP contribution in [0.2, 0.25) is 0 Å². The second-order valence-corrected chi connectivity index (χ2v) is 13.4. The summed E-state index contributed by atoms with van der Waals surface area (Å²) in [5.41, 5.74) is 0. The maximum Gasteiger partial charge on any atom is 0.472 e. The molecule has 9 heteroatoms. The van der Waals surface area contributed by atoms with Gasteiger partial charge in [-0.25, -0.2) is 4.57 Å². The van der Waals surface area contributed by atoms with E-state index < -0.39 is 7.82 Å². The van der Waals surface area contributed by atoms with Crippen molar-refractivity contribution >= 4 is 24.7 Å². The molecule has 0 aromatic heterocycles. The average molecular weight is 541 g/mol. The highest BCUT2D eigenvalue weighted by atomic mass is 32.2. The molecule has 1 N–H and O–H groups in total. The molecule has 0 aromatic rings. The maximum atomic E-state index is 12.1. The number of phosphoric ester groups is 1. The fourth-order valence-electron chi connectivity index (χ4n) is 3.61. The molecule has 0 aliphatic rings. The van der Waals surface area contributed by atoms with Crippen LogP contribution in [0.4, 0.5) is 0 Å². The third-order valence-corrected chi connectivity index (χ3v) is 7.64. The molecule has 7 nitrogen and oxygen atoms in total. The predicted octanol–water partition coefficient (Wildman–Crippen LogP) is 6.97. The van der Waals surface area contributed by atoms with Gasteiger partial charge in [-0.15, -0.1) is 0 Å². The van der Waals surface area contributed by atoms with Crippen LogP contribution in [-0.4, -0.2) is 73.9 Å². The van der Waals surface area contributed by atoms with Crippen LogP contribution in [0, 0.1) is 0 Å². The SMILES string of the molecule is CCCCCCCCCCCCCCCCOCC(COP(=O)(O)OCC[N+](C)(C)C)SC(C)=O.